The molecule has 32 heavy (non-hydrogen) atoms. The number of nitrogens with one attached hydrogen (secondary N) is 1. The zero-order valence-corrected chi connectivity index (χ0v) is 18.7. The maximum Gasteiger partial charge on any atom is 0.303 e. The lowest BCUT2D eigenvalue weighted by Crippen LogP contribution is -2.48. The average molecular weight is 437 g/mol. The summed E-state index contributed by atoms with van der Waals surface area (Å²) in [6, 6.07) is 15.7. The molecule has 168 valence electrons. The van der Waals surface area contributed by atoms with Gasteiger partial charge in [-0.3, -0.25) is 9.59 Å². The van der Waals surface area contributed by atoms with E-state index < -0.39 is 12.2 Å². The summed E-state index contributed by atoms with van der Waals surface area (Å²) in [5, 5.41) is 0. The third-order valence-electron chi connectivity index (χ3n) is 6.18. The third kappa shape index (κ3) is 4.53. The van der Waals surface area contributed by atoms with Crippen LogP contribution in [0.2, 0.25) is 0 Å². The first-order valence-corrected chi connectivity index (χ1v) is 10.8. The Balaban J connectivity index is 1.68. The van der Waals surface area contributed by atoms with Crippen molar-refractivity contribution in [3.63, 3.8) is 0 Å². The fourth-order valence-corrected chi connectivity index (χ4v) is 4.28. The van der Waals surface area contributed by atoms with Crippen LogP contribution in [0.4, 0.5) is 0 Å². The summed E-state index contributed by atoms with van der Waals surface area (Å²) in [5.74, 6) is 0.0980. The minimum atomic E-state index is -0.491. The Morgan fingerprint density at radius 3 is 2.53 bits per heavy atom. The largest absolute Gasteiger partial charge is 0.463 e. The summed E-state index contributed by atoms with van der Waals surface area (Å²) >= 11 is 0. The van der Waals surface area contributed by atoms with Crippen LogP contribution < -0.4 is 0 Å². The summed E-state index contributed by atoms with van der Waals surface area (Å²) < 4.78 is 17.3. The number of imidazole rings is 1. The van der Waals surface area contributed by atoms with Crippen LogP contribution in [0.15, 0.2) is 48.5 Å². The van der Waals surface area contributed by atoms with Gasteiger partial charge in [-0.15, -0.1) is 0 Å². The van der Waals surface area contributed by atoms with Crippen molar-refractivity contribution in [2.75, 3.05) is 6.61 Å². The number of benzene rings is 2. The van der Waals surface area contributed by atoms with Gasteiger partial charge in [-0.1, -0.05) is 44.2 Å². The molecule has 2 heterocycles. The number of rotatable bonds is 5. The predicted molar refractivity (Wildman–Crippen MR) is 120 cm³/mol. The van der Waals surface area contributed by atoms with Crippen molar-refractivity contribution < 1.29 is 23.8 Å². The Kier molecular flexibility index (Phi) is 6.28. The summed E-state index contributed by atoms with van der Waals surface area (Å²) in [5.41, 5.74) is 3.64. The number of carbonyl (C=O) groups is 2. The fourth-order valence-electron chi connectivity index (χ4n) is 4.28. The van der Waals surface area contributed by atoms with Crippen LogP contribution in [0.1, 0.15) is 39.4 Å². The zero-order chi connectivity index (χ0) is 22.8. The van der Waals surface area contributed by atoms with Crippen molar-refractivity contribution in [1.82, 2.24) is 9.97 Å². The molecule has 1 aliphatic heterocycles. The van der Waals surface area contributed by atoms with E-state index in [-0.39, 0.29) is 36.5 Å². The van der Waals surface area contributed by atoms with Crippen LogP contribution in [0.5, 0.6) is 0 Å². The lowest BCUT2D eigenvalue weighted by molar-refractivity contribution is -0.205. The van der Waals surface area contributed by atoms with E-state index in [1.54, 1.807) is 0 Å². The second kappa shape index (κ2) is 9.12. The summed E-state index contributed by atoms with van der Waals surface area (Å²) in [6.07, 6.45) is -1.25. The van der Waals surface area contributed by atoms with Gasteiger partial charge < -0.3 is 19.2 Å². The van der Waals surface area contributed by atoms with Gasteiger partial charge >= 0.3 is 11.9 Å². The highest BCUT2D eigenvalue weighted by Gasteiger charge is 2.44. The van der Waals surface area contributed by atoms with Gasteiger partial charge in [-0.2, -0.15) is 0 Å². The van der Waals surface area contributed by atoms with Gasteiger partial charge in [0.25, 0.3) is 0 Å². The number of hydrogen-bond donors (Lipinski definition) is 1. The van der Waals surface area contributed by atoms with Gasteiger partial charge in [-0.05, 0) is 29.7 Å². The van der Waals surface area contributed by atoms with E-state index in [0.717, 1.165) is 28.0 Å². The molecule has 1 saturated heterocycles. The first-order chi connectivity index (χ1) is 15.3. The van der Waals surface area contributed by atoms with Crippen molar-refractivity contribution in [3.8, 4) is 11.4 Å². The van der Waals surface area contributed by atoms with Crippen LogP contribution in [0.25, 0.3) is 22.4 Å². The molecule has 1 aliphatic rings. The number of H-pyrrole nitrogens is 1. The van der Waals surface area contributed by atoms with Crippen molar-refractivity contribution >= 4 is 23.0 Å². The highest BCUT2D eigenvalue weighted by atomic mass is 16.6. The molecule has 0 unspecified atom stereocenters. The van der Waals surface area contributed by atoms with Gasteiger partial charge in [0, 0.05) is 25.3 Å². The molecule has 1 aromatic heterocycles. The molecule has 7 heteroatoms. The number of nitrogens with zero attached hydrogens (tertiary/aromatic N) is 1. The normalized spacial score (nSPS) is 25.4. The average Bonchev–Trinajstić information content (AvgIpc) is 3.20. The van der Waals surface area contributed by atoms with Gasteiger partial charge in [0.1, 0.15) is 24.6 Å². The van der Waals surface area contributed by atoms with E-state index in [0.29, 0.717) is 0 Å². The van der Waals surface area contributed by atoms with E-state index in [4.69, 9.17) is 14.2 Å². The van der Waals surface area contributed by atoms with Crippen LogP contribution in [-0.4, -0.2) is 40.7 Å². The molecular formula is C25H28N2O5. The number of carbonyl (C=O) groups excluding carboxylic acids is 2. The second-order valence-corrected chi connectivity index (χ2v) is 8.42. The molecule has 5 atom stereocenters. The molecule has 0 radical (unpaired) electrons. The quantitative estimate of drug-likeness (QED) is 0.595. The minimum absolute atomic E-state index is 0.00747. The Morgan fingerprint density at radius 2 is 1.81 bits per heavy atom. The smallest absolute Gasteiger partial charge is 0.303 e. The highest BCUT2D eigenvalue weighted by Crippen LogP contribution is 2.41. The maximum absolute atomic E-state index is 11.9. The van der Waals surface area contributed by atoms with Gasteiger partial charge in [-0.25, -0.2) is 4.98 Å². The van der Waals surface area contributed by atoms with Gasteiger partial charge in [0.05, 0.1) is 17.1 Å². The van der Waals surface area contributed by atoms with Gasteiger partial charge in [0.2, 0.25) is 0 Å². The van der Waals surface area contributed by atoms with Crippen molar-refractivity contribution in [3.05, 3.63) is 54.1 Å². The summed E-state index contributed by atoms with van der Waals surface area (Å²) in [4.78, 5) is 31.3. The molecule has 0 aliphatic carbocycles. The zero-order valence-electron chi connectivity index (χ0n) is 18.7. The molecule has 4 rings (SSSR count). The number of ether oxygens (including phenoxy) is 3. The molecule has 1 fully saturated rings. The fraction of sp³-hybridized carbons (Fsp3) is 0.400. The lowest BCUT2D eigenvalue weighted by atomic mass is 9.79. The number of para-hydroxylation sites is 2. The van der Waals surface area contributed by atoms with E-state index >= 15 is 0 Å². The van der Waals surface area contributed by atoms with Crippen LogP contribution in [0, 0.1) is 11.8 Å². The van der Waals surface area contributed by atoms with Gasteiger partial charge in [0.15, 0.2) is 0 Å². The molecule has 0 bridgehead atoms. The first kappa shape index (κ1) is 22.0. The Bertz CT molecular complexity index is 1090. The molecule has 1 N–H and O–H groups in total. The lowest BCUT2D eigenvalue weighted by Gasteiger charge is -2.44. The highest BCUT2D eigenvalue weighted by molar-refractivity contribution is 5.79. The van der Waals surface area contributed by atoms with Crippen molar-refractivity contribution in [2.45, 2.75) is 46.0 Å². The maximum atomic E-state index is 11.9. The summed E-state index contributed by atoms with van der Waals surface area (Å²) in [6.45, 7) is 7.01. The standard InChI is InChI=1S/C25H28N2O5/c1-14-15(2)23(31-17(4)29)24(32-22(14)13-30-16(3)28)18-8-7-9-19(12-18)25-26-20-10-5-6-11-21(20)27-25/h5-12,14-15,22-24H,13H2,1-4H3,(H,26,27)/t14-,15-,22+,23-,24+/m0/s1. The number of fused-ring (bicyclic) bond motifs is 1. The molecule has 7 nitrogen and oxygen atoms in total. The SMILES string of the molecule is CC(=O)OC[C@H]1O[C@H](c2cccc(-c3nc4ccccc4[nH]3)c2)[C@@H](OC(C)=O)[C@@H](C)[C@@H]1C. The number of esters is 2. The Labute approximate surface area is 187 Å². The van der Waals surface area contributed by atoms with Crippen LogP contribution in [0.3, 0.4) is 0 Å². The van der Waals surface area contributed by atoms with Crippen LogP contribution >= 0.6 is 0 Å². The van der Waals surface area contributed by atoms with E-state index in [1.165, 1.54) is 13.8 Å². The molecule has 0 spiro atoms. The Hall–Kier alpha value is -3.19. The second-order valence-electron chi connectivity index (χ2n) is 8.42. The van der Waals surface area contributed by atoms with Crippen molar-refractivity contribution in [2.24, 2.45) is 11.8 Å². The molecule has 2 aromatic carbocycles. The molecule has 0 amide bonds. The topological polar surface area (TPSA) is 90.5 Å². The summed E-state index contributed by atoms with van der Waals surface area (Å²) in [7, 11) is 0. The van der Waals surface area contributed by atoms with Crippen molar-refractivity contribution in [1.29, 1.82) is 0 Å². The molecular weight excluding hydrogens is 408 g/mol. The van der Waals surface area contributed by atoms with E-state index in [2.05, 4.69) is 9.97 Å². The number of aromatic nitrogens is 2. The third-order valence-corrected chi connectivity index (χ3v) is 6.18. The van der Waals surface area contributed by atoms with E-state index in [9.17, 15) is 9.59 Å². The van der Waals surface area contributed by atoms with E-state index in [1.807, 2.05) is 62.4 Å². The monoisotopic (exact) mass is 436 g/mol. The number of hydrogen-bond acceptors (Lipinski definition) is 6. The Morgan fingerprint density at radius 1 is 1.03 bits per heavy atom. The molecule has 3 aromatic rings. The minimum Gasteiger partial charge on any atom is -0.463 e. The predicted octanol–water partition coefficient (Wildman–Crippen LogP) is 4.44. The first-order valence-electron chi connectivity index (χ1n) is 10.8. The van der Waals surface area contributed by atoms with Crippen LogP contribution in [-0.2, 0) is 23.8 Å². The number of aromatic amines is 1. The molecule has 0 saturated carbocycles.